The van der Waals surface area contributed by atoms with Crippen LogP contribution in [0.15, 0.2) is 19.2 Å². The third-order valence-corrected chi connectivity index (χ3v) is 6.72. The topological polar surface area (TPSA) is 81.8 Å². The van der Waals surface area contributed by atoms with E-state index in [0.29, 0.717) is 4.34 Å². The normalized spacial score (nSPS) is 14.7. The van der Waals surface area contributed by atoms with Gasteiger partial charge < -0.3 is 0 Å². The summed E-state index contributed by atoms with van der Waals surface area (Å²) in [5.74, 6) is 1.97. The van der Waals surface area contributed by atoms with E-state index in [0.717, 1.165) is 31.7 Å². The van der Waals surface area contributed by atoms with Gasteiger partial charge in [0.1, 0.15) is 6.20 Å². The lowest BCUT2D eigenvalue weighted by molar-refractivity contribution is -0.380. The van der Waals surface area contributed by atoms with E-state index in [-0.39, 0.29) is 5.00 Å². The van der Waals surface area contributed by atoms with E-state index >= 15 is 0 Å². The molecular weight excluding hydrogens is 324 g/mol. The zero-order valence-corrected chi connectivity index (χ0v) is 12.8. The first kappa shape index (κ1) is 13.3. The predicted octanol–water partition coefficient (Wildman–Crippen LogP) is 3.56. The Hall–Kier alpha value is -0.710. The molecule has 0 bridgehead atoms. The van der Waals surface area contributed by atoms with Gasteiger partial charge in [-0.25, -0.2) is 4.98 Å². The average Bonchev–Trinajstić information content (AvgIpc) is 2.91. The highest BCUT2D eigenvalue weighted by molar-refractivity contribution is 8.04. The monoisotopic (exact) mass is 332 g/mol. The second-order valence-electron chi connectivity index (χ2n) is 3.91. The van der Waals surface area contributed by atoms with Crippen LogP contribution in [0, 0.1) is 16.0 Å². The van der Waals surface area contributed by atoms with Crippen LogP contribution in [0.5, 0.6) is 0 Å². The lowest BCUT2D eigenvalue weighted by Crippen LogP contribution is -1.80. The van der Waals surface area contributed by atoms with Gasteiger partial charge in [-0.3, -0.25) is 10.1 Å². The molecule has 0 amide bonds. The van der Waals surface area contributed by atoms with Crippen LogP contribution in [0.3, 0.4) is 0 Å². The molecule has 19 heavy (non-hydrogen) atoms. The highest BCUT2D eigenvalue weighted by Crippen LogP contribution is 2.39. The highest BCUT2D eigenvalue weighted by atomic mass is 32.2. The molecule has 3 rings (SSSR count). The van der Waals surface area contributed by atoms with Crippen molar-refractivity contribution in [2.24, 2.45) is 5.92 Å². The number of thioether (sulfide) groups is 1. The molecule has 1 aliphatic rings. The zero-order valence-electron chi connectivity index (χ0n) is 9.51. The molecule has 0 N–H and O–H groups in total. The van der Waals surface area contributed by atoms with Crippen molar-refractivity contribution >= 4 is 51.2 Å². The summed E-state index contributed by atoms with van der Waals surface area (Å²) in [4.78, 5) is 14.1. The van der Waals surface area contributed by atoms with Crippen molar-refractivity contribution < 1.29 is 4.92 Å². The van der Waals surface area contributed by atoms with Crippen LogP contribution in [0.4, 0.5) is 5.00 Å². The van der Waals surface area contributed by atoms with Crippen LogP contribution in [0.25, 0.3) is 0 Å². The Morgan fingerprint density at radius 1 is 1.32 bits per heavy atom. The summed E-state index contributed by atoms with van der Waals surface area (Å²) < 4.78 is 2.37. The van der Waals surface area contributed by atoms with Gasteiger partial charge in [0.2, 0.25) is 0 Å². The molecule has 0 saturated heterocycles. The Labute approximate surface area is 125 Å². The van der Waals surface area contributed by atoms with E-state index in [1.54, 1.807) is 11.8 Å². The van der Waals surface area contributed by atoms with E-state index in [9.17, 15) is 10.1 Å². The molecule has 1 saturated carbocycles. The first-order valence-corrected chi connectivity index (χ1v) is 8.88. The van der Waals surface area contributed by atoms with Crippen molar-refractivity contribution in [3.8, 4) is 0 Å². The molecule has 0 radical (unpaired) electrons. The summed E-state index contributed by atoms with van der Waals surface area (Å²) in [5.41, 5.74) is 0. The van der Waals surface area contributed by atoms with Crippen molar-refractivity contribution in [2.75, 3.05) is 5.75 Å². The Morgan fingerprint density at radius 3 is 2.79 bits per heavy atom. The fourth-order valence-electron chi connectivity index (χ4n) is 1.23. The van der Waals surface area contributed by atoms with E-state index in [4.69, 9.17) is 0 Å². The van der Waals surface area contributed by atoms with Crippen LogP contribution >= 0.6 is 46.2 Å². The first-order valence-electron chi connectivity index (χ1n) is 5.45. The van der Waals surface area contributed by atoms with Gasteiger partial charge in [0.15, 0.2) is 13.0 Å². The van der Waals surface area contributed by atoms with E-state index in [1.165, 1.54) is 42.1 Å². The Balaban J connectivity index is 1.60. The molecular formula is C9H8N4O2S4. The van der Waals surface area contributed by atoms with Gasteiger partial charge in [0, 0.05) is 5.75 Å². The fourth-order valence-corrected chi connectivity index (χ4v) is 5.44. The molecule has 2 aromatic rings. The zero-order chi connectivity index (χ0) is 13.2. The third kappa shape index (κ3) is 3.65. The minimum atomic E-state index is -0.432. The Kier molecular flexibility index (Phi) is 4.01. The van der Waals surface area contributed by atoms with Crippen LogP contribution < -0.4 is 0 Å². The molecule has 10 heteroatoms. The predicted molar refractivity (Wildman–Crippen MR) is 76.2 cm³/mol. The maximum Gasteiger partial charge on any atom is 0.344 e. The number of hydrogen-bond acceptors (Lipinski definition) is 9. The highest BCUT2D eigenvalue weighted by Gasteiger charge is 2.22. The molecule has 1 fully saturated rings. The van der Waals surface area contributed by atoms with Gasteiger partial charge >= 0.3 is 5.00 Å². The van der Waals surface area contributed by atoms with Crippen LogP contribution in [-0.2, 0) is 0 Å². The lowest BCUT2D eigenvalue weighted by Gasteiger charge is -1.90. The summed E-state index contributed by atoms with van der Waals surface area (Å²) in [6.45, 7) is 0. The van der Waals surface area contributed by atoms with E-state index < -0.39 is 4.92 Å². The Bertz CT molecular complexity index is 595. The van der Waals surface area contributed by atoms with Crippen molar-refractivity contribution in [3.63, 3.8) is 0 Å². The number of hydrogen-bond donors (Lipinski definition) is 0. The molecule has 2 aromatic heterocycles. The Morgan fingerprint density at radius 2 is 2.11 bits per heavy atom. The molecule has 6 nitrogen and oxygen atoms in total. The van der Waals surface area contributed by atoms with Crippen molar-refractivity contribution in [1.29, 1.82) is 0 Å². The lowest BCUT2D eigenvalue weighted by atomic mass is 10.5. The molecule has 100 valence electrons. The SMILES string of the molecule is O=[N+]([O-])c1cnc(Sc2nnc(SCC3CC3)s2)s1. The molecule has 0 atom stereocenters. The number of aromatic nitrogens is 3. The van der Waals surface area contributed by atoms with Crippen LogP contribution in [0.2, 0.25) is 0 Å². The average molecular weight is 332 g/mol. The maximum absolute atomic E-state index is 10.6. The summed E-state index contributed by atoms with van der Waals surface area (Å²) >= 11 is 5.64. The largest absolute Gasteiger partial charge is 0.344 e. The standard InChI is InChI=1S/C9H8N4O2S4/c14-13(15)6-3-10-7(17-6)18-9-12-11-8(19-9)16-4-5-1-2-5/h3,5H,1-2,4H2. The van der Waals surface area contributed by atoms with Crippen LogP contribution in [-0.4, -0.2) is 25.9 Å². The van der Waals surface area contributed by atoms with Gasteiger partial charge in [0.25, 0.3) is 0 Å². The number of nitro groups is 1. The van der Waals surface area contributed by atoms with Gasteiger partial charge in [-0.1, -0.05) is 23.1 Å². The fraction of sp³-hybridized carbons (Fsp3) is 0.444. The third-order valence-electron chi connectivity index (χ3n) is 2.35. The molecule has 1 aliphatic carbocycles. The maximum atomic E-state index is 10.6. The summed E-state index contributed by atoms with van der Waals surface area (Å²) in [5, 5.41) is 18.8. The minimum absolute atomic E-state index is 0.0512. The number of thiazole rings is 1. The van der Waals surface area contributed by atoms with Crippen LogP contribution in [0.1, 0.15) is 12.8 Å². The molecule has 2 heterocycles. The molecule has 0 aromatic carbocycles. The summed E-state index contributed by atoms with van der Waals surface area (Å²) in [6.07, 6.45) is 3.93. The quantitative estimate of drug-likeness (QED) is 0.454. The molecule has 0 unspecified atom stereocenters. The minimum Gasteiger partial charge on any atom is -0.257 e. The van der Waals surface area contributed by atoms with Gasteiger partial charge in [0.05, 0.1) is 4.92 Å². The van der Waals surface area contributed by atoms with E-state index in [1.807, 2.05) is 0 Å². The van der Waals surface area contributed by atoms with Gasteiger partial charge in [-0.2, -0.15) is 0 Å². The second-order valence-corrected chi connectivity index (χ2v) is 8.66. The molecule has 0 spiro atoms. The number of nitrogens with zero attached hydrogens (tertiary/aromatic N) is 4. The summed E-state index contributed by atoms with van der Waals surface area (Å²) in [6, 6.07) is 0. The summed E-state index contributed by atoms with van der Waals surface area (Å²) in [7, 11) is 0. The van der Waals surface area contributed by atoms with Crippen molar-refractivity contribution in [3.05, 3.63) is 16.3 Å². The second kappa shape index (κ2) is 5.73. The van der Waals surface area contributed by atoms with Crippen molar-refractivity contribution in [2.45, 2.75) is 25.9 Å². The van der Waals surface area contributed by atoms with Crippen molar-refractivity contribution in [1.82, 2.24) is 15.2 Å². The van der Waals surface area contributed by atoms with Gasteiger partial charge in [-0.05, 0) is 41.9 Å². The molecule has 0 aliphatic heterocycles. The van der Waals surface area contributed by atoms with Gasteiger partial charge in [-0.15, -0.1) is 10.2 Å². The van der Waals surface area contributed by atoms with E-state index in [2.05, 4.69) is 15.2 Å². The smallest absolute Gasteiger partial charge is 0.257 e. The first-order chi connectivity index (χ1) is 9.20. The number of rotatable bonds is 6.